The number of pyridine rings is 1. The number of carbonyl (C=O) groups is 1. The molecule has 1 amide bonds. The van der Waals surface area contributed by atoms with E-state index in [2.05, 4.69) is 29.4 Å². The second kappa shape index (κ2) is 7.12. The second-order valence-corrected chi connectivity index (χ2v) is 8.13. The molecule has 0 unspecified atom stereocenters. The van der Waals surface area contributed by atoms with Gasteiger partial charge in [-0.25, -0.2) is 14.3 Å². The molecule has 1 aliphatic carbocycles. The van der Waals surface area contributed by atoms with Crippen LogP contribution >= 0.6 is 0 Å². The van der Waals surface area contributed by atoms with Crippen molar-refractivity contribution < 1.29 is 9.21 Å². The Morgan fingerprint density at radius 3 is 2.80 bits per heavy atom. The van der Waals surface area contributed by atoms with Crippen molar-refractivity contribution in [3.05, 3.63) is 59.4 Å². The van der Waals surface area contributed by atoms with E-state index in [1.165, 1.54) is 0 Å². The predicted octanol–water partition coefficient (Wildman–Crippen LogP) is 4.29. The second-order valence-electron chi connectivity index (χ2n) is 8.13. The number of carbonyl (C=O) groups excluding carboxylic acids is 1. The van der Waals surface area contributed by atoms with Crippen LogP contribution in [0.15, 0.2) is 41.1 Å². The van der Waals surface area contributed by atoms with Crippen molar-refractivity contribution in [2.75, 3.05) is 5.32 Å². The third-order valence-electron chi connectivity index (χ3n) is 5.38. The Bertz CT molecular complexity index is 1230. The van der Waals surface area contributed by atoms with Crippen LogP contribution < -0.4 is 5.32 Å². The van der Waals surface area contributed by atoms with E-state index in [9.17, 15) is 4.79 Å². The van der Waals surface area contributed by atoms with E-state index < -0.39 is 0 Å². The molecule has 0 aliphatic heterocycles. The summed E-state index contributed by atoms with van der Waals surface area (Å²) in [6, 6.07) is 7.69. The van der Waals surface area contributed by atoms with Gasteiger partial charge in [0.15, 0.2) is 5.65 Å². The molecule has 0 radical (unpaired) electrons. The number of rotatable bonds is 6. The molecule has 4 heterocycles. The van der Waals surface area contributed by atoms with Crippen molar-refractivity contribution in [1.29, 1.82) is 0 Å². The van der Waals surface area contributed by atoms with Crippen LogP contribution in [0.1, 0.15) is 66.2 Å². The van der Waals surface area contributed by atoms with Crippen LogP contribution in [0.3, 0.4) is 0 Å². The summed E-state index contributed by atoms with van der Waals surface area (Å²) in [5.74, 6) is 2.49. The minimum Gasteiger partial charge on any atom is -0.464 e. The number of aromatic nitrogens is 5. The summed E-state index contributed by atoms with van der Waals surface area (Å²) in [6.07, 6.45) is 5.63. The van der Waals surface area contributed by atoms with Gasteiger partial charge in [-0.3, -0.25) is 4.79 Å². The lowest BCUT2D eigenvalue weighted by molar-refractivity contribution is 0.102. The van der Waals surface area contributed by atoms with E-state index in [4.69, 9.17) is 9.40 Å². The minimum absolute atomic E-state index is 0.165. The molecule has 0 saturated heterocycles. The smallest absolute Gasteiger partial charge is 0.257 e. The van der Waals surface area contributed by atoms with Crippen molar-refractivity contribution in [1.82, 2.24) is 24.5 Å². The number of nitrogens with one attached hydrogen (secondary N) is 1. The van der Waals surface area contributed by atoms with Gasteiger partial charge in [0.05, 0.1) is 23.3 Å². The van der Waals surface area contributed by atoms with E-state index in [0.717, 1.165) is 41.1 Å². The van der Waals surface area contributed by atoms with Crippen molar-refractivity contribution in [2.24, 2.45) is 0 Å². The Hall–Kier alpha value is -3.42. The zero-order valence-electron chi connectivity index (χ0n) is 17.3. The zero-order chi connectivity index (χ0) is 20.8. The first-order valence-corrected chi connectivity index (χ1v) is 10.3. The lowest BCUT2D eigenvalue weighted by Crippen LogP contribution is -2.17. The first-order valence-electron chi connectivity index (χ1n) is 10.3. The molecule has 0 bridgehead atoms. The van der Waals surface area contributed by atoms with Gasteiger partial charge in [0.1, 0.15) is 23.9 Å². The average molecular weight is 404 g/mol. The fourth-order valence-corrected chi connectivity index (χ4v) is 3.66. The summed E-state index contributed by atoms with van der Waals surface area (Å²) in [5, 5.41) is 12.6. The van der Waals surface area contributed by atoms with Crippen molar-refractivity contribution in [2.45, 2.75) is 52.1 Å². The van der Waals surface area contributed by atoms with Crippen molar-refractivity contribution in [3.8, 4) is 0 Å². The van der Waals surface area contributed by atoms with Gasteiger partial charge in [0.2, 0.25) is 0 Å². The molecule has 0 spiro atoms. The summed E-state index contributed by atoms with van der Waals surface area (Å²) >= 11 is 0. The van der Waals surface area contributed by atoms with E-state index in [1.54, 1.807) is 23.1 Å². The Balaban J connectivity index is 1.48. The number of hydrogen-bond acceptors (Lipinski definition) is 5. The molecular weight excluding hydrogens is 380 g/mol. The minimum atomic E-state index is -0.190. The topological polar surface area (TPSA) is 90.8 Å². The SMILES string of the molecule is Cc1ccc(Cn2nccc2NC(=O)c2cc(C3CC3)nc3c2cnn3C(C)C)o1. The maximum Gasteiger partial charge on any atom is 0.257 e. The first-order chi connectivity index (χ1) is 14.5. The van der Waals surface area contributed by atoms with Crippen molar-refractivity contribution >= 4 is 22.8 Å². The molecule has 1 N–H and O–H groups in total. The number of fused-ring (bicyclic) bond motifs is 1. The highest BCUT2D eigenvalue weighted by atomic mass is 16.3. The third kappa shape index (κ3) is 3.38. The molecule has 5 rings (SSSR count). The molecule has 8 heteroatoms. The third-order valence-corrected chi connectivity index (χ3v) is 5.38. The quantitative estimate of drug-likeness (QED) is 0.518. The monoisotopic (exact) mass is 404 g/mol. The molecule has 1 fully saturated rings. The van der Waals surface area contributed by atoms with E-state index in [1.807, 2.05) is 29.8 Å². The highest BCUT2D eigenvalue weighted by Crippen LogP contribution is 2.40. The van der Waals surface area contributed by atoms with Gasteiger partial charge < -0.3 is 9.73 Å². The molecule has 1 saturated carbocycles. The fourth-order valence-electron chi connectivity index (χ4n) is 3.66. The van der Waals surface area contributed by atoms with E-state index >= 15 is 0 Å². The number of aryl methyl sites for hydroxylation is 1. The number of furan rings is 1. The molecule has 4 aromatic heterocycles. The normalized spacial score (nSPS) is 14.0. The summed E-state index contributed by atoms with van der Waals surface area (Å²) in [6.45, 7) is 6.47. The lowest BCUT2D eigenvalue weighted by atomic mass is 10.1. The van der Waals surface area contributed by atoms with Gasteiger partial charge in [-0.1, -0.05) is 0 Å². The summed E-state index contributed by atoms with van der Waals surface area (Å²) in [4.78, 5) is 18.1. The number of hydrogen-bond donors (Lipinski definition) is 1. The number of nitrogens with zero attached hydrogens (tertiary/aromatic N) is 5. The van der Waals surface area contributed by atoms with E-state index in [-0.39, 0.29) is 11.9 Å². The first kappa shape index (κ1) is 18.6. The van der Waals surface area contributed by atoms with E-state index in [0.29, 0.717) is 23.8 Å². The van der Waals surface area contributed by atoms with Crippen LogP contribution in [-0.4, -0.2) is 30.5 Å². The highest BCUT2D eigenvalue weighted by Gasteiger charge is 2.28. The average Bonchev–Trinajstić information content (AvgIpc) is 3.12. The van der Waals surface area contributed by atoms with Gasteiger partial charge in [-0.05, 0) is 51.8 Å². The standard InChI is InChI=1S/C22H24N6O2/c1-13(2)28-21-18(11-24-28)17(10-19(25-21)15-5-6-15)22(29)26-20-8-9-23-27(20)12-16-7-4-14(3)30-16/h4,7-11,13,15H,5-6,12H2,1-3H3,(H,26,29). The fraction of sp³-hybridized carbons (Fsp3) is 0.364. The molecule has 1 aliphatic rings. The Kier molecular flexibility index (Phi) is 4.42. The Morgan fingerprint density at radius 1 is 1.27 bits per heavy atom. The van der Waals surface area contributed by atoms with Gasteiger partial charge in [0, 0.05) is 23.7 Å². The van der Waals surface area contributed by atoms with Gasteiger partial charge in [-0.2, -0.15) is 10.2 Å². The lowest BCUT2D eigenvalue weighted by Gasteiger charge is -2.11. The summed E-state index contributed by atoms with van der Waals surface area (Å²) in [5.41, 5.74) is 2.32. The number of amides is 1. The molecule has 154 valence electrons. The largest absolute Gasteiger partial charge is 0.464 e. The van der Waals surface area contributed by atoms with Gasteiger partial charge in [-0.15, -0.1) is 0 Å². The summed E-state index contributed by atoms with van der Waals surface area (Å²) in [7, 11) is 0. The Morgan fingerprint density at radius 2 is 2.10 bits per heavy atom. The number of anilines is 1. The molecule has 4 aromatic rings. The summed E-state index contributed by atoms with van der Waals surface area (Å²) < 4.78 is 9.23. The van der Waals surface area contributed by atoms with Crippen LogP contribution in [0, 0.1) is 6.92 Å². The molecule has 30 heavy (non-hydrogen) atoms. The Labute approximate surface area is 173 Å². The molecule has 8 nitrogen and oxygen atoms in total. The van der Waals surface area contributed by atoms with Crippen LogP contribution in [0.25, 0.3) is 11.0 Å². The van der Waals surface area contributed by atoms with Crippen LogP contribution in [0.5, 0.6) is 0 Å². The van der Waals surface area contributed by atoms with Gasteiger partial charge >= 0.3 is 0 Å². The molecule has 0 aromatic carbocycles. The van der Waals surface area contributed by atoms with Crippen LogP contribution in [-0.2, 0) is 6.54 Å². The van der Waals surface area contributed by atoms with Crippen molar-refractivity contribution in [3.63, 3.8) is 0 Å². The molecule has 0 atom stereocenters. The zero-order valence-corrected chi connectivity index (χ0v) is 17.3. The predicted molar refractivity (Wildman–Crippen MR) is 113 cm³/mol. The van der Waals surface area contributed by atoms with Crippen LogP contribution in [0.4, 0.5) is 5.82 Å². The molecular formula is C22H24N6O2. The maximum atomic E-state index is 13.3. The van der Waals surface area contributed by atoms with Gasteiger partial charge in [0.25, 0.3) is 5.91 Å². The highest BCUT2D eigenvalue weighted by molar-refractivity contribution is 6.11. The van der Waals surface area contributed by atoms with Crippen LogP contribution in [0.2, 0.25) is 0 Å². The maximum absolute atomic E-state index is 13.3.